The van der Waals surface area contributed by atoms with Crippen molar-refractivity contribution in [3.63, 3.8) is 0 Å². The van der Waals surface area contributed by atoms with Crippen molar-refractivity contribution < 1.29 is 56.2 Å². The molecule has 0 aromatic rings. The van der Waals surface area contributed by atoms with Gasteiger partial charge in [-0.15, -0.1) is 0 Å². The van der Waals surface area contributed by atoms with Crippen molar-refractivity contribution in [2.24, 2.45) is 5.41 Å². The van der Waals surface area contributed by atoms with Crippen LogP contribution < -0.4 is 56.7 Å². The van der Waals surface area contributed by atoms with Gasteiger partial charge >= 0.3 is 51.4 Å². The van der Waals surface area contributed by atoms with E-state index in [1.807, 2.05) is 11.8 Å². The summed E-state index contributed by atoms with van der Waals surface area (Å²) in [5, 5.41) is 2.93. The molecule has 0 aliphatic carbocycles. The fraction of sp³-hybridized carbons (Fsp3) is 0.833. The third kappa shape index (κ3) is 13.1. The van der Waals surface area contributed by atoms with Crippen molar-refractivity contribution in [2.45, 2.75) is 40.5 Å². The van der Waals surface area contributed by atoms with Gasteiger partial charge in [-0.05, 0) is 24.9 Å². The van der Waals surface area contributed by atoms with Gasteiger partial charge in [-0.2, -0.15) is 0 Å². The van der Waals surface area contributed by atoms with Crippen LogP contribution >= 0.6 is 0 Å². The molecule has 0 radical (unpaired) electrons. The fourth-order valence-electron chi connectivity index (χ4n) is 1.08. The summed E-state index contributed by atoms with van der Waals surface area (Å²) in [6, 6.07) is 0. The Kier molecular flexibility index (Phi) is 12.2. The minimum absolute atomic E-state index is 0. The quantitative estimate of drug-likeness (QED) is 0.488. The Balaban J connectivity index is 0. The number of nitrogens with one attached hydrogen (secondary N) is 1. The summed E-state index contributed by atoms with van der Waals surface area (Å²) >= 11 is 0. The molecule has 0 atom stereocenters. The summed E-state index contributed by atoms with van der Waals surface area (Å²) in [7, 11) is 3.80. The molecular formula is C12H25KN2O. The molecular weight excluding hydrogens is 227 g/mol. The maximum atomic E-state index is 11.4. The van der Waals surface area contributed by atoms with E-state index >= 15 is 0 Å². The van der Waals surface area contributed by atoms with Crippen LogP contribution in [0.15, 0.2) is 0 Å². The smallest absolute Gasteiger partial charge is 0.459 e. The number of nitrogens with zero attached hydrogens (tertiary/aromatic N) is 1. The van der Waals surface area contributed by atoms with Crippen molar-refractivity contribution in [1.82, 2.24) is 10.2 Å². The van der Waals surface area contributed by atoms with Gasteiger partial charge in [-0.25, -0.2) is 0 Å². The van der Waals surface area contributed by atoms with Crippen LogP contribution in [-0.2, 0) is 4.79 Å². The third-order valence-corrected chi connectivity index (χ3v) is 2.30. The van der Waals surface area contributed by atoms with E-state index in [9.17, 15) is 4.79 Å². The summed E-state index contributed by atoms with van der Waals surface area (Å²) in [4.78, 5) is 13.3. The Morgan fingerprint density at radius 2 is 1.94 bits per heavy atom. The Morgan fingerprint density at radius 3 is 2.38 bits per heavy atom. The summed E-state index contributed by atoms with van der Waals surface area (Å²) in [5.74, 6) is 0.126. The molecule has 1 N–H and O–H groups in total. The normalized spacial score (nSPS) is 11.1. The number of hydrogen-bond donors (Lipinski definition) is 1. The molecule has 0 rings (SSSR count). The molecule has 0 saturated carbocycles. The van der Waals surface area contributed by atoms with Crippen LogP contribution in [0.3, 0.4) is 0 Å². The number of rotatable bonds is 6. The van der Waals surface area contributed by atoms with Gasteiger partial charge in [0, 0.05) is 13.0 Å². The maximum absolute atomic E-state index is 11.4. The van der Waals surface area contributed by atoms with Gasteiger partial charge in [-0.3, -0.25) is 11.8 Å². The third-order valence-electron chi connectivity index (χ3n) is 2.30. The van der Waals surface area contributed by atoms with Crippen LogP contribution in [-0.4, -0.2) is 30.4 Å². The van der Waals surface area contributed by atoms with Crippen LogP contribution in [0.1, 0.15) is 40.5 Å². The number of carbonyl (C=O) groups is 1. The SMILES string of the molecule is [CH2-]N(CC)CCC(=O)NCCC(C)(C)C.[K+]. The molecule has 0 fully saturated rings. The topological polar surface area (TPSA) is 32.3 Å². The fourth-order valence-corrected chi connectivity index (χ4v) is 1.08. The Morgan fingerprint density at radius 1 is 1.38 bits per heavy atom. The van der Waals surface area contributed by atoms with Gasteiger partial charge in [-0.1, -0.05) is 27.7 Å². The Hall–Kier alpha value is 1.07. The molecule has 0 saturated heterocycles. The predicted octanol–water partition coefficient (Wildman–Crippen LogP) is -0.954. The zero-order chi connectivity index (χ0) is 11.9. The van der Waals surface area contributed by atoms with Crippen LogP contribution in [0.5, 0.6) is 0 Å². The summed E-state index contributed by atoms with van der Waals surface area (Å²) in [6.45, 7) is 10.9. The van der Waals surface area contributed by atoms with E-state index in [-0.39, 0.29) is 62.7 Å². The van der Waals surface area contributed by atoms with Crippen molar-refractivity contribution in [1.29, 1.82) is 0 Å². The van der Waals surface area contributed by atoms with Gasteiger partial charge in [0.05, 0.1) is 0 Å². The number of amides is 1. The maximum Gasteiger partial charge on any atom is 1.00 e. The van der Waals surface area contributed by atoms with Crippen molar-refractivity contribution in [2.75, 3.05) is 19.6 Å². The van der Waals surface area contributed by atoms with E-state index in [0.29, 0.717) is 6.42 Å². The van der Waals surface area contributed by atoms with E-state index in [1.54, 1.807) is 0 Å². The second-order valence-corrected chi connectivity index (χ2v) is 5.12. The molecule has 90 valence electrons. The van der Waals surface area contributed by atoms with E-state index < -0.39 is 0 Å². The first-order valence-corrected chi connectivity index (χ1v) is 5.67. The average molecular weight is 252 g/mol. The minimum atomic E-state index is 0. The van der Waals surface area contributed by atoms with Gasteiger partial charge in [0.25, 0.3) is 0 Å². The van der Waals surface area contributed by atoms with E-state index in [4.69, 9.17) is 0 Å². The summed E-state index contributed by atoms with van der Waals surface area (Å²) in [6.07, 6.45) is 1.56. The van der Waals surface area contributed by atoms with Gasteiger partial charge in [0.15, 0.2) is 0 Å². The second kappa shape index (κ2) is 10.0. The molecule has 0 aliphatic heterocycles. The molecule has 0 heterocycles. The number of carbonyl (C=O) groups excluding carboxylic acids is 1. The van der Waals surface area contributed by atoms with Gasteiger partial charge in [0.2, 0.25) is 5.91 Å². The molecule has 1 amide bonds. The first kappa shape index (κ1) is 19.4. The molecule has 0 spiro atoms. The molecule has 0 aliphatic rings. The predicted molar refractivity (Wildman–Crippen MR) is 64.3 cm³/mol. The molecule has 16 heavy (non-hydrogen) atoms. The second-order valence-electron chi connectivity index (χ2n) is 5.12. The molecule has 0 bridgehead atoms. The standard InChI is InChI=1S/C12H25N2O.K/c1-6-14(5)10-7-11(15)13-9-8-12(2,3)4;/h5-10H2,1-4H3,(H,13,15);/q-1;+1. The average Bonchev–Trinajstić information content (AvgIpc) is 2.12. The van der Waals surface area contributed by atoms with E-state index in [2.05, 4.69) is 33.1 Å². The van der Waals surface area contributed by atoms with Gasteiger partial charge < -0.3 is 10.2 Å². The zero-order valence-corrected chi connectivity index (χ0v) is 14.7. The van der Waals surface area contributed by atoms with E-state index in [0.717, 1.165) is 26.1 Å². The minimum Gasteiger partial charge on any atom is -0.459 e. The zero-order valence-electron chi connectivity index (χ0n) is 11.6. The van der Waals surface area contributed by atoms with Crippen molar-refractivity contribution >= 4 is 5.91 Å². The first-order chi connectivity index (χ1) is 6.85. The first-order valence-electron chi connectivity index (χ1n) is 5.67. The van der Waals surface area contributed by atoms with Crippen molar-refractivity contribution in [3.8, 4) is 0 Å². The van der Waals surface area contributed by atoms with Crippen molar-refractivity contribution in [3.05, 3.63) is 7.05 Å². The largest absolute Gasteiger partial charge is 1.00 e. The van der Waals surface area contributed by atoms with Gasteiger partial charge in [0.1, 0.15) is 0 Å². The van der Waals surface area contributed by atoms with Crippen LogP contribution in [0.25, 0.3) is 0 Å². The number of hydrogen-bond acceptors (Lipinski definition) is 2. The molecule has 4 heteroatoms. The van der Waals surface area contributed by atoms with E-state index in [1.165, 1.54) is 0 Å². The molecule has 0 aromatic carbocycles. The summed E-state index contributed by atoms with van der Waals surface area (Å²) in [5.41, 5.74) is 0.287. The molecule has 3 nitrogen and oxygen atoms in total. The Labute approximate surface area is 143 Å². The Bertz CT molecular complexity index is 190. The summed E-state index contributed by atoms with van der Waals surface area (Å²) < 4.78 is 0. The van der Waals surface area contributed by atoms with Crippen LogP contribution in [0.2, 0.25) is 0 Å². The molecule has 0 aromatic heterocycles. The van der Waals surface area contributed by atoms with Crippen LogP contribution in [0.4, 0.5) is 0 Å². The monoisotopic (exact) mass is 252 g/mol. The van der Waals surface area contributed by atoms with Crippen LogP contribution in [0, 0.1) is 12.5 Å². The molecule has 0 unspecified atom stereocenters.